The zero-order chi connectivity index (χ0) is 15.4. The first-order chi connectivity index (χ1) is 10.0. The van der Waals surface area contributed by atoms with E-state index in [0.717, 1.165) is 25.7 Å². The molecule has 0 amide bonds. The Labute approximate surface area is 125 Å². The third-order valence-corrected chi connectivity index (χ3v) is 3.67. The Morgan fingerprint density at radius 2 is 1.95 bits per heavy atom. The van der Waals surface area contributed by atoms with Gasteiger partial charge in [-0.15, -0.1) is 0 Å². The topological polar surface area (TPSA) is 83.4 Å². The number of aliphatic hydroxyl groups excluding tert-OH is 1. The Morgan fingerprint density at radius 1 is 1.24 bits per heavy atom. The molecule has 2 N–H and O–H groups in total. The maximum Gasteiger partial charge on any atom is 0.323 e. The maximum absolute atomic E-state index is 10.2. The van der Waals surface area contributed by atoms with Crippen LogP contribution in [0.15, 0.2) is 0 Å². The van der Waals surface area contributed by atoms with Gasteiger partial charge in [-0.05, 0) is 26.7 Å². The van der Waals surface area contributed by atoms with Crippen LogP contribution in [0.2, 0.25) is 0 Å². The van der Waals surface area contributed by atoms with Crippen molar-refractivity contribution >= 4 is 11.9 Å². The minimum absolute atomic E-state index is 0.00414. The number of nitrogens with one attached hydrogen (secondary N) is 1. The summed E-state index contributed by atoms with van der Waals surface area (Å²) in [6.07, 6.45) is 3.62. The summed E-state index contributed by atoms with van der Waals surface area (Å²) in [6, 6.07) is 0.342. The van der Waals surface area contributed by atoms with Crippen molar-refractivity contribution in [1.29, 1.82) is 0 Å². The molecule has 0 bridgehead atoms. The van der Waals surface area contributed by atoms with Gasteiger partial charge in [0.05, 0.1) is 18.2 Å². The van der Waals surface area contributed by atoms with Gasteiger partial charge in [0.25, 0.3) is 0 Å². The van der Waals surface area contributed by atoms with Gasteiger partial charge in [-0.3, -0.25) is 0 Å². The number of aromatic nitrogens is 3. The molecule has 0 spiro atoms. The highest BCUT2D eigenvalue weighted by Crippen LogP contribution is 2.26. The minimum atomic E-state index is -0.340. The van der Waals surface area contributed by atoms with Crippen LogP contribution in [0.5, 0.6) is 6.01 Å². The summed E-state index contributed by atoms with van der Waals surface area (Å²) in [5.74, 6) is 0.990. The van der Waals surface area contributed by atoms with Gasteiger partial charge in [0.15, 0.2) is 0 Å². The molecule has 1 heterocycles. The second-order valence-electron chi connectivity index (χ2n) is 5.69. The third-order valence-electron chi connectivity index (χ3n) is 3.67. The van der Waals surface area contributed by atoms with E-state index in [0.29, 0.717) is 17.9 Å². The lowest BCUT2D eigenvalue weighted by Crippen LogP contribution is -2.44. The number of hydrogen-bond acceptors (Lipinski definition) is 7. The monoisotopic (exact) mass is 295 g/mol. The van der Waals surface area contributed by atoms with Crippen LogP contribution in [-0.2, 0) is 0 Å². The molecule has 1 aromatic rings. The fourth-order valence-electron chi connectivity index (χ4n) is 2.57. The highest BCUT2D eigenvalue weighted by atomic mass is 16.5. The molecule has 0 saturated heterocycles. The molecule has 2 atom stereocenters. The Bertz CT molecular complexity index is 469. The van der Waals surface area contributed by atoms with Crippen molar-refractivity contribution in [2.24, 2.45) is 0 Å². The number of anilines is 2. The summed E-state index contributed by atoms with van der Waals surface area (Å²) in [4.78, 5) is 14.9. The second kappa shape index (κ2) is 6.89. The molecule has 118 valence electrons. The zero-order valence-electron chi connectivity index (χ0n) is 13.2. The minimum Gasteiger partial charge on any atom is -0.461 e. The average Bonchev–Trinajstić information content (AvgIpc) is 2.46. The van der Waals surface area contributed by atoms with Crippen molar-refractivity contribution in [2.45, 2.75) is 57.8 Å². The lowest BCUT2D eigenvalue weighted by molar-refractivity contribution is 0.105. The van der Waals surface area contributed by atoms with Gasteiger partial charge in [-0.25, -0.2) is 0 Å². The van der Waals surface area contributed by atoms with E-state index in [1.165, 1.54) is 0 Å². The van der Waals surface area contributed by atoms with Crippen molar-refractivity contribution in [3.63, 3.8) is 0 Å². The first kappa shape index (κ1) is 15.8. The van der Waals surface area contributed by atoms with Crippen LogP contribution in [0.25, 0.3) is 0 Å². The van der Waals surface area contributed by atoms with Crippen LogP contribution < -0.4 is 15.0 Å². The Hall–Kier alpha value is -1.63. The Balaban J connectivity index is 2.24. The van der Waals surface area contributed by atoms with E-state index in [4.69, 9.17) is 4.74 Å². The molecule has 2 rings (SSSR count). The predicted molar refractivity (Wildman–Crippen MR) is 81.8 cm³/mol. The number of aliphatic hydroxyl groups is 1. The number of ether oxygens (including phenoxy) is 1. The van der Waals surface area contributed by atoms with Gasteiger partial charge in [0, 0.05) is 14.1 Å². The van der Waals surface area contributed by atoms with Gasteiger partial charge in [0.1, 0.15) is 0 Å². The summed E-state index contributed by atoms with van der Waals surface area (Å²) >= 11 is 0. The Kier molecular flexibility index (Phi) is 5.17. The van der Waals surface area contributed by atoms with Crippen molar-refractivity contribution in [2.75, 3.05) is 24.3 Å². The smallest absolute Gasteiger partial charge is 0.323 e. The number of rotatable bonds is 5. The lowest BCUT2D eigenvalue weighted by atomic mass is 9.92. The summed E-state index contributed by atoms with van der Waals surface area (Å²) in [5.41, 5.74) is 0. The predicted octanol–water partition coefficient (Wildman–Crippen LogP) is 1.44. The summed E-state index contributed by atoms with van der Waals surface area (Å²) in [7, 11) is 3.67. The zero-order valence-corrected chi connectivity index (χ0v) is 13.2. The molecule has 0 aromatic carbocycles. The fourth-order valence-corrected chi connectivity index (χ4v) is 2.57. The Morgan fingerprint density at radius 3 is 2.57 bits per heavy atom. The van der Waals surface area contributed by atoms with Gasteiger partial charge in [0.2, 0.25) is 11.9 Å². The van der Waals surface area contributed by atoms with Crippen LogP contribution in [0.4, 0.5) is 11.9 Å². The molecular weight excluding hydrogens is 270 g/mol. The van der Waals surface area contributed by atoms with Crippen molar-refractivity contribution in [3.05, 3.63) is 0 Å². The molecule has 1 fully saturated rings. The first-order valence-corrected chi connectivity index (χ1v) is 7.52. The largest absolute Gasteiger partial charge is 0.461 e. The highest BCUT2D eigenvalue weighted by Gasteiger charge is 2.28. The number of likely N-dealkylation sites (N-methyl/N-ethyl adjacent to an activating group) is 1. The molecule has 0 aliphatic heterocycles. The van der Waals surface area contributed by atoms with Gasteiger partial charge >= 0.3 is 6.01 Å². The number of nitrogens with zero attached hydrogens (tertiary/aromatic N) is 4. The van der Waals surface area contributed by atoms with E-state index in [9.17, 15) is 5.11 Å². The highest BCUT2D eigenvalue weighted by molar-refractivity contribution is 5.38. The van der Waals surface area contributed by atoms with E-state index in [1.807, 2.05) is 25.8 Å². The van der Waals surface area contributed by atoms with Gasteiger partial charge in [-0.2, -0.15) is 15.0 Å². The fraction of sp³-hybridized carbons (Fsp3) is 0.786. The first-order valence-electron chi connectivity index (χ1n) is 7.52. The van der Waals surface area contributed by atoms with Crippen LogP contribution in [-0.4, -0.2) is 52.4 Å². The standard InChI is InChI=1S/C14H25N5O2/c1-9(2)21-14-17-12(15-3)16-13(18-14)19(4)10-7-5-6-8-11(10)20/h9-11,20H,5-8H2,1-4H3,(H,15,16,17,18). The molecule has 1 aliphatic rings. The molecule has 7 nitrogen and oxygen atoms in total. The second-order valence-corrected chi connectivity index (χ2v) is 5.69. The molecule has 7 heteroatoms. The van der Waals surface area contributed by atoms with Crippen molar-refractivity contribution < 1.29 is 9.84 Å². The van der Waals surface area contributed by atoms with E-state index in [-0.39, 0.29) is 18.2 Å². The van der Waals surface area contributed by atoms with Crippen LogP contribution in [0, 0.1) is 0 Å². The summed E-state index contributed by atoms with van der Waals surface area (Å²) in [5, 5.41) is 13.1. The molecule has 1 saturated carbocycles. The SMILES string of the molecule is CNc1nc(OC(C)C)nc(N(C)C2CCCCC2O)n1. The van der Waals surface area contributed by atoms with E-state index in [2.05, 4.69) is 20.3 Å². The van der Waals surface area contributed by atoms with Crippen LogP contribution in [0.1, 0.15) is 39.5 Å². The summed E-state index contributed by atoms with van der Waals surface area (Å²) < 4.78 is 5.57. The van der Waals surface area contributed by atoms with E-state index >= 15 is 0 Å². The molecule has 0 radical (unpaired) electrons. The lowest BCUT2D eigenvalue weighted by Gasteiger charge is -2.35. The maximum atomic E-state index is 10.2. The number of hydrogen-bond donors (Lipinski definition) is 2. The van der Waals surface area contributed by atoms with Crippen molar-refractivity contribution in [1.82, 2.24) is 15.0 Å². The molecule has 2 unspecified atom stereocenters. The van der Waals surface area contributed by atoms with Gasteiger partial charge < -0.3 is 20.1 Å². The molecule has 1 aromatic heterocycles. The average molecular weight is 295 g/mol. The molecular formula is C14H25N5O2. The van der Waals surface area contributed by atoms with Crippen LogP contribution >= 0.6 is 0 Å². The normalized spacial score (nSPS) is 22.2. The summed E-state index contributed by atoms with van der Waals surface area (Å²) in [6.45, 7) is 3.86. The third kappa shape index (κ3) is 3.93. The van der Waals surface area contributed by atoms with Crippen LogP contribution in [0.3, 0.4) is 0 Å². The molecule has 1 aliphatic carbocycles. The van der Waals surface area contributed by atoms with Crippen molar-refractivity contribution in [3.8, 4) is 6.01 Å². The molecule has 21 heavy (non-hydrogen) atoms. The quantitative estimate of drug-likeness (QED) is 0.850. The van der Waals surface area contributed by atoms with E-state index in [1.54, 1.807) is 7.05 Å². The van der Waals surface area contributed by atoms with Gasteiger partial charge in [-0.1, -0.05) is 12.8 Å². The van der Waals surface area contributed by atoms with E-state index < -0.39 is 0 Å².